The van der Waals surface area contributed by atoms with Crippen molar-refractivity contribution in [3.63, 3.8) is 0 Å². The van der Waals surface area contributed by atoms with Crippen LogP contribution in [0, 0.1) is 0 Å². The Hall–Kier alpha value is -0.340. The van der Waals surface area contributed by atoms with Crippen LogP contribution in [0.2, 0.25) is 0 Å². The molecule has 102 valence electrons. The summed E-state index contributed by atoms with van der Waals surface area (Å²) in [5.41, 5.74) is 1.22. The maximum absolute atomic E-state index is 9.96. The molecule has 1 rings (SSSR count). The monoisotopic (exact) mass is 312 g/mol. The molecule has 1 atom stereocenters. The molecule has 0 spiro atoms. The molecule has 1 aromatic carbocycles. The minimum Gasteiger partial charge on any atom is -0.393 e. The topological polar surface area (TPSA) is 20.2 Å². The van der Waals surface area contributed by atoms with Gasteiger partial charge in [0.2, 0.25) is 0 Å². The second-order valence-corrected chi connectivity index (χ2v) is 5.96. The van der Waals surface area contributed by atoms with Crippen molar-refractivity contribution in [2.24, 2.45) is 0 Å². The Kier molecular flexibility index (Phi) is 8.36. The molecule has 0 radical (unpaired) electrons. The van der Waals surface area contributed by atoms with Gasteiger partial charge in [-0.2, -0.15) is 0 Å². The minimum absolute atomic E-state index is 0.183. The second kappa shape index (κ2) is 9.57. The van der Waals surface area contributed by atoms with E-state index in [0.717, 1.165) is 23.7 Å². The number of benzene rings is 1. The number of unbranched alkanes of at least 4 members (excludes halogenated alkanes) is 5. The molecule has 0 saturated carbocycles. The normalized spacial score (nSPS) is 12.6. The molecular formula is C16H25BrO. The third-order valence-electron chi connectivity index (χ3n) is 3.28. The van der Waals surface area contributed by atoms with Crippen molar-refractivity contribution < 1.29 is 5.11 Å². The average molecular weight is 313 g/mol. The molecule has 0 fully saturated rings. The molecule has 0 aromatic heterocycles. The predicted molar refractivity (Wildman–Crippen MR) is 81.8 cm³/mol. The van der Waals surface area contributed by atoms with Crippen molar-refractivity contribution in [2.75, 3.05) is 0 Å². The van der Waals surface area contributed by atoms with E-state index in [1.165, 1.54) is 37.7 Å². The summed E-state index contributed by atoms with van der Waals surface area (Å²) >= 11 is 3.42. The zero-order valence-electron chi connectivity index (χ0n) is 11.4. The first-order valence-corrected chi connectivity index (χ1v) is 7.94. The number of halogens is 1. The Labute approximate surface area is 120 Å². The van der Waals surface area contributed by atoms with Crippen LogP contribution in [0.3, 0.4) is 0 Å². The van der Waals surface area contributed by atoms with E-state index in [2.05, 4.69) is 35.0 Å². The fraction of sp³-hybridized carbons (Fsp3) is 0.625. The van der Waals surface area contributed by atoms with Crippen LogP contribution in [-0.4, -0.2) is 11.2 Å². The highest BCUT2D eigenvalue weighted by atomic mass is 79.9. The summed E-state index contributed by atoms with van der Waals surface area (Å²) in [5.74, 6) is 0. The van der Waals surface area contributed by atoms with Gasteiger partial charge in [-0.25, -0.2) is 0 Å². The van der Waals surface area contributed by atoms with Crippen molar-refractivity contribution in [1.82, 2.24) is 0 Å². The van der Waals surface area contributed by atoms with Gasteiger partial charge in [-0.3, -0.25) is 0 Å². The van der Waals surface area contributed by atoms with Crippen LogP contribution in [-0.2, 0) is 6.42 Å². The Morgan fingerprint density at radius 1 is 1.00 bits per heavy atom. The van der Waals surface area contributed by atoms with Crippen LogP contribution < -0.4 is 0 Å². The minimum atomic E-state index is -0.183. The second-order valence-electron chi connectivity index (χ2n) is 5.04. The van der Waals surface area contributed by atoms with E-state index >= 15 is 0 Å². The lowest BCUT2D eigenvalue weighted by molar-refractivity contribution is 0.161. The lowest BCUT2D eigenvalue weighted by atomic mass is 10.0. The van der Waals surface area contributed by atoms with Crippen LogP contribution in [0.15, 0.2) is 28.7 Å². The summed E-state index contributed by atoms with van der Waals surface area (Å²) in [6, 6.07) is 8.22. The molecule has 1 aromatic rings. The van der Waals surface area contributed by atoms with Gasteiger partial charge in [0.15, 0.2) is 0 Å². The Morgan fingerprint density at radius 2 is 1.61 bits per heavy atom. The first-order valence-electron chi connectivity index (χ1n) is 7.15. The van der Waals surface area contributed by atoms with Crippen LogP contribution >= 0.6 is 15.9 Å². The summed E-state index contributed by atoms with van der Waals surface area (Å²) in [6.45, 7) is 2.24. The van der Waals surface area contributed by atoms with Crippen molar-refractivity contribution in [3.05, 3.63) is 34.3 Å². The van der Waals surface area contributed by atoms with E-state index in [1.54, 1.807) is 0 Å². The smallest absolute Gasteiger partial charge is 0.0580 e. The maximum atomic E-state index is 9.96. The van der Waals surface area contributed by atoms with Gasteiger partial charge in [0.25, 0.3) is 0 Å². The molecular weight excluding hydrogens is 288 g/mol. The van der Waals surface area contributed by atoms with Crippen molar-refractivity contribution in [1.29, 1.82) is 0 Å². The molecule has 0 bridgehead atoms. The van der Waals surface area contributed by atoms with E-state index in [9.17, 15) is 5.11 Å². The van der Waals surface area contributed by atoms with E-state index in [1.807, 2.05) is 12.1 Å². The molecule has 2 heteroatoms. The Morgan fingerprint density at radius 3 is 2.28 bits per heavy atom. The number of aliphatic hydroxyl groups excluding tert-OH is 1. The number of aliphatic hydroxyl groups is 1. The first kappa shape index (κ1) is 15.7. The van der Waals surface area contributed by atoms with Gasteiger partial charge in [-0.1, -0.05) is 73.5 Å². The van der Waals surface area contributed by atoms with Gasteiger partial charge in [0, 0.05) is 4.47 Å². The molecule has 0 saturated heterocycles. The number of hydrogen-bond donors (Lipinski definition) is 1. The summed E-state index contributed by atoms with van der Waals surface area (Å²) in [4.78, 5) is 0. The fourth-order valence-electron chi connectivity index (χ4n) is 2.15. The molecule has 0 aliphatic heterocycles. The predicted octanol–water partition coefficient (Wildman–Crippen LogP) is 5.10. The van der Waals surface area contributed by atoms with Crippen LogP contribution in [0.5, 0.6) is 0 Å². The van der Waals surface area contributed by atoms with Gasteiger partial charge < -0.3 is 5.11 Å². The van der Waals surface area contributed by atoms with Gasteiger partial charge in [-0.15, -0.1) is 0 Å². The quantitative estimate of drug-likeness (QED) is 0.629. The largest absolute Gasteiger partial charge is 0.393 e. The van der Waals surface area contributed by atoms with Gasteiger partial charge in [-0.05, 0) is 30.5 Å². The van der Waals surface area contributed by atoms with Crippen molar-refractivity contribution in [2.45, 2.75) is 64.4 Å². The zero-order valence-corrected chi connectivity index (χ0v) is 13.0. The first-order chi connectivity index (χ1) is 8.72. The number of hydrogen-bond acceptors (Lipinski definition) is 1. The van der Waals surface area contributed by atoms with Gasteiger partial charge >= 0.3 is 0 Å². The summed E-state index contributed by atoms with van der Waals surface area (Å²) in [7, 11) is 0. The lowest BCUT2D eigenvalue weighted by Crippen LogP contribution is -2.10. The van der Waals surface area contributed by atoms with E-state index in [4.69, 9.17) is 0 Å². The van der Waals surface area contributed by atoms with Crippen molar-refractivity contribution >= 4 is 15.9 Å². The van der Waals surface area contributed by atoms with E-state index < -0.39 is 0 Å². The molecule has 1 unspecified atom stereocenters. The molecule has 0 amide bonds. The zero-order chi connectivity index (χ0) is 13.2. The Balaban J connectivity index is 2.10. The standard InChI is InChI=1S/C16H25BrO/c1-2-3-4-5-6-7-8-16(18)13-14-9-11-15(17)12-10-14/h9-12,16,18H,2-8,13H2,1H3. The molecule has 0 heterocycles. The third kappa shape index (κ3) is 7.17. The molecule has 1 N–H and O–H groups in total. The van der Waals surface area contributed by atoms with E-state index in [0.29, 0.717) is 0 Å². The molecule has 0 aliphatic carbocycles. The molecule has 18 heavy (non-hydrogen) atoms. The maximum Gasteiger partial charge on any atom is 0.0580 e. The van der Waals surface area contributed by atoms with Gasteiger partial charge in [0.05, 0.1) is 6.10 Å². The SMILES string of the molecule is CCCCCCCCC(O)Cc1ccc(Br)cc1. The molecule has 0 aliphatic rings. The average Bonchev–Trinajstić information content (AvgIpc) is 2.36. The fourth-order valence-corrected chi connectivity index (χ4v) is 2.42. The van der Waals surface area contributed by atoms with Crippen LogP contribution in [0.1, 0.15) is 57.4 Å². The van der Waals surface area contributed by atoms with Crippen molar-refractivity contribution in [3.8, 4) is 0 Å². The summed E-state index contributed by atoms with van der Waals surface area (Å²) in [6.07, 6.45) is 9.26. The summed E-state index contributed by atoms with van der Waals surface area (Å²) in [5, 5.41) is 9.96. The highest BCUT2D eigenvalue weighted by Gasteiger charge is 2.05. The molecule has 1 nitrogen and oxygen atoms in total. The van der Waals surface area contributed by atoms with E-state index in [-0.39, 0.29) is 6.10 Å². The summed E-state index contributed by atoms with van der Waals surface area (Å²) < 4.78 is 1.09. The van der Waals surface area contributed by atoms with Crippen LogP contribution in [0.25, 0.3) is 0 Å². The highest BCUT2D eigenvalue weighted by molar-refractivity contribution is 9.10. The number of rotatable bonds is 9. The third-order valence-corrected chi connectivity index (χ3v) is 3.80. The highest BCUT2D eigenvalue weighted by Crippen LogP contribution is 2.14. The van der Waals surface area contributed by atoms with Crippen LogP contribution in [0.4, 0.5) is 0 Å². The van der Waals surface area contributed by atoms with Gasteiger partial charge in [0.1, 0.15) is 0 Å². The Bertz CT molecular complexity index is 307. The lowest BCUT2D eigenvalue weighted by Gasteiger charge is -2.10.